The molecule has 0 saturated heterocycles. The molecule has 2 rings (SSSR count). The van der Waals surface area contributed by atoms with Crippen molar-refractivity contribution in [2.75, 3.05) is 0 Å². The van der Waals surface area contributed by atoms with Gasteiger partial charge in [0.05, 0.1) is 0 Å². The molecule has 1 atom stereocenters. The Morgan fingerprint density at radius 3 is 2.67 bits per heavy atom. The number of halogens is 4. The lowest BCUT2D eigenvalue weighted by Crippen LogP contribution is -1.98. The molecule has 0 fully saturated rings. The van der Waals surface area contributed by atoms with Gasteiger partial charge in [0.25, 0.3) is 0 Å². The molecule has 4 heteroatoms. The molecule has 94 valence electrons. The summed E-state index contributed by atoms with van der Waals surface area (Å²) >= 11 is 12.8. The minimum Gasteiger partial charge on any atom is -0.207 e. The fourth-order valence-electron chi connectivity index (χ4n) is 1.74. The van der Waals surface area contributed by atoms with Crippen LogP contribution in [0.5, 0.6) is 0 Å². The minimum absolute atomic E-state index is 0.0755. The van der Waals surface area contributed by atoms with Gasteiger partial charge in [-0.25, -0.2) is 4.39 Å². The number of benzene rings is 2. The fraction of sp³-hybridized carbons (Fsp3) is 0.143. The van der Waals surface area contributed by atoms with Crippen LogP contribution in [0.3, 0.4) is 0 Å². The first-order valence-electron chi connectivity index (χ1n) is 5.40. The van der Waals surface area contributed by atoms with E-state index in [-0.39, 0.29) is 10.6 Å². The van der Waals surface area contributed by atoms with Crippen LogP contribution >= 0.6 is 43.5 Å². The molecule has 0 radical (unpaired) electrons. The summed E-state index contributed by atoms with van der Waals surface area (Å²) < 4.78 is 14.6. The molecule has 1 unspecified atom stereocenters. The number of alkyl halides is 1. The molecule has 0 aromatic heterocycles. The molecule has 0 spiro atoms. The molecule has 0 nitrogen and oxygen atoms in total. The van der Waals surface area contributed by atoms with E-state index in [1.165, 1.54) is 6.07 Å². The van der Waals surface area contributed by atoms with Crippen LogP contribution in [-0.2, 0) is 6.42 Å². The zero-order chi connectivity index (χ0) is 13.1. The molecule has 0 aliphatic rings. The zero-order valence-electron chi connectivity index (χ0n) is 9.34. The molecule has 18 heavy (non-hydrogen) atoms. The Labute approximate surface area is 127 Å². The van der Waals surface area contributed by atoms with Gasteiger partial charge in [-0.05, 0) is 42.3 Å². The first-order valence-corrected chi connectivity index (χ1v) is 7.48. The van der Waals surface area contributed by atoms with Crippen molar-refractivity contribution in [2.24, 2.45) is 0 Å². The van der Waals surface area contributed by atoms with E-state index in [0.29, 0.717) is 17.0 Å². The summed E-state index contributed by atoms with van der Waals surface area (Å²) in [4.78, 5) is -0.0755. The standard InChI is InChI=1S/C14H10Br2ClF/c15-10-4-5-14(18)12(8-10)13(16)7-9-2-1-3-11(17)6-9/h1-6,8,13H,7H2. The van der Waals surface area contributed by atoms with Crippen molar-refractivity contribution in [2.45, 2.75) is 11.2 Å². The molecule has 0 heterocycles. The summed E-state index contributed by atoms with van der Waals surface area (Å²) in [6, 6.07) is 12.5. The van der Waals surface area contributed by atoms with Crippen molar-refractivity contribution in [3.8, 4) is 0 Å². The molecule has 0 amide bonds. The second-order valence-corrected chi connectivity index (χ2v) is 6.42. The second-order valence-electron chi connectivity index (χ2n) is 3.97. The smallest absolute Gasteiger partial charge is 0.127 e. The fourth-order valence-corrected chi connectivity index (χ4v) is 3.05. The van der Waals surface area contributed by atoms with Gasteiger partial charge in [0.2, 0.25) is 0 Å². The van der Waals surface area contributed by atoms with Crippen LogP contribution in [-0.4, -0.2) is 0 Å². The quantitative estimate of drug-likeness (QED) is 0.569. The molecule has 0 bridgehead atoms. The number of hydrogen-bond donors (Lipinski definition) is 0. The summed E-state index contributed by atoms with van der Waals surface area (Å²) in [5.41, 5.74) is 1.72. The molecular formula is C14H10Br2ClF. The average molecular weight is 392 g/mol. The summed E-state index contributed by atoms with van der Waals surface area (Å²) in [5, 5.41) is 0.696. The summed E-state index contributed by atoms with van der Waals surface area (Å²) in [6.07, 6.45) is 0.688. The highest BCUT2D eigenvalue weighted by molar-refractivity contribution is 9.10. The molecule has 2 aromatic rings. The first kappa shape index (κ1) is 14.0. The van der Waals surface area contributed by atoms with Gasteiger partial charge in [0.1, 0.15) is 5.82 Å². The number of hydrogen-bond acceptors (Lipinski definition) is 0. The lowest BCUT2D eigenvalue weighted by Gasteiger charge is -2.12. The van der Waals surface area contributed by atoms with E-state index in [2.05, 4.69) is 31.9 Å². The maximum Gasteiger partial charge on any atom is 0.127 e. The normalized spacial score (nSPS) is 12.4. The van der Waals surface area contributed by atoms with Crippen LogP contribution in [0.1, 0.15) is 16.0 Å². The van der Waals surface area contributed by atoms with E-state index >= 15 is 0 Å². The van der Waals surface area contributed by atoms with Gasteiger partial charge in [-0.1, -0.05) is 55.6 Å². The zero-order valence-corrected chi connectivity index (χ0v) is 13.3. The Kier molecular flexibility index (Phi) is 4.82. The van der Waals surface area contributed by atoms with Gasteiger partial charge >= 0.3 is 0 Å². The molecule has 0 aliphatic heterocycles. The molecule has 0 aliphatic carbocycles. The van der Waals surface area contributed by atoms with Gasteiger partial charge in [-0.3, -0.25) is 0 Å². The molecule has 0 N–H and O–H groups in total. The maximum absolute atomic E-state index is 13.7. The van der Waals surface area contributed by atoms with Crippen molar-refractivity contribution in [1.82, 2.24) is 0 Å². The third-order valence-electron chi connectivity index (χ3n) is 2.60. The summed E-state index contributed by atoms with van der Waals surface area (Å²) in [7, 11) is 0. The van der Waals surface area contributed by atoms with Crippen LogP contribution in [0, 0.1) is 5.82 Å². The first-order chi connectivity index (χ1) is 8.56. The SMILES string of the molecule is Fc1ccc(Br)cc1C(Br)Cc1cccc(Cl)c1. The topological polar surface area (TPSA) is 0 Å². The van der Waals surface area contributed by atoms with Crippen LogP contribution in [0.25, 0.3) is 0 Å². The van der Waals surface area contributed by atoms with Crippen molar-refractivity contribution in [3.05, 3.63) is 68.9 Å². The highest BCUT2D eigenvalue weighted by atomic mass is 79.9. The predicted octanol–water partition coefficient (Wildman–Crippen LogP) is 5.92. The summed E-state index contributed by atoms with van der Waals surface area (Å²) in [6.45, 7) is 0. The Morgan fingerprint density at radius 1 is 1.17 bits per heavy atom. The lowest BCUT2D eigenvalue weighted by molar-refractivity contribution is 0.607. The monoisotopic (exact) mass is 390 g/mol. The van der Waals surface area contributed by atoms with Gasteiger partial charge in [-0.2, -0.15) is 0 Å². The van der Waals surface area contributed by atoms with Crippen molar-refractivity contribution < 1.29 is 4.39 Å². The van der Waals surface area contributed by atoms with E-state index in [1.807, 2.05) is 24.3 Å². The predicted molar refractivity (Wildman–Crippen MR) is 80.9 cm³/mol. The van der Waals surface area contributed by atoms with E-state index in [0.717, 1.165) is 10.0 Å². The highest BCUT2D eigenvalue weighted by Gasteiger charge is 2.13. The number of rotatable bonds is 3. The van der Waals surface area contributed by atoms with E-state index in [9.17, 15) is 4.39 Å². The van der Waals surface area contributed by atoms with E-state index in [4.69, 9.17) is 11.6 Å². The van der Waals surface area contributed by atoms with Gasteiger partial charge in [-0.15, -0.1) is 0 Å². The molecule has 2 aromatic carbocycles. The van der Waals surface area contributed by atoms with Gasteiger partial charge in [0.15, 0.2) is 0 Å². The summed E-state index contributed by atoms with van der Waals surface area (Å²) in [5.74, 6) is -0.206. The lowest BCUT2D eigenvalue weighted by atomic mass is 10.0. The Morgan fingerprint density at radius 2 is 1.94 bits per heavy atom. The largest absolute Gasteiger partial charge is 0.207 e. The third kappa shape index (κ3) is 3.56. The molecular weight excluding hydrogens is 382 g/mol. The Balaban J connectivity index is 2.21. The highest BCUT2D eigenvalue weighted by Crippen LogP contribution is 2.31. The molecule has 0 saturated carbocycles. The van der Waals surface area contributed by atoms with Crippen LogP contribution in [0.2, 0.25) is 5.02 Å². The maximum atomic E-state index is 13.7. The van der Waals surface area contributed by atoms with Crippen LogP contribution in [0.15, 0.2) is 46.9 Å². The van der Waals surface area contributed by atoms with Crippen LogP contribution < -0.4 is 0 Å². The Hall–Kier alpha value is -0.380. The van der Waals surface area contributed by atoms with Crippen molar-refractivity contribution in [1.29, 1.82) is 0 Å². The average Bonchev–Trinajstić information content (AvgIpc) is 2.32. The van der Waals surface area contributed by atoms with Gasteiger partial charge < -0.3 is 0 Å². The van der Waals surface area contributed by atoms with Crippen molar-refractivity contribution in [3.63, 3.8) is 0 Å². The second kappa shape index (κ2) is 6.18. The van der Waals surface area contributed by atoms with Gasteiger partial charge in [0, 0.05) is 19.9 Å². The minimum atomic E-state index is -0.206. The van der Waals surface area contributed by atoms with E-state index < -0.39 is 0 Å². The van der Waals surface area contributed by atoms with Crippen molar-refractivity contribution >= 4 is 43.5 Å². The Bertz CT molecular complexity index is 557. The third-order valence-corrected chi connectivity index (χ3v) is 4.14. The van der Waals surface area contributed by atoms with E-state index in [1.54, 1.807) is 12.1 Å². The van der Waals surface area contributed by atoms with Crippen LogP contribution in [0.4, 0.5) is 4.39 Å².